The molecule has 1 amide bonds. The van der Waals surface area contributed by atoms with Gasteiger partial charge in [0.25, 0.3) is 0 Å². The molecular formula is C24H44NO13P. The number of carbonyl (C=O) groups is 3. The number of rotatable bonds is 22. The molecule has 14 nitrogen and oxygen atoms in total. The minimum Gasteiger partial charge on any atom is -0.394 e. The molecule has 1 saturated heterocycles. The SMILES string of the molecule is COP(=O)(O)OCNC(=O)CC(=O)CCOCCC(=O)CCCCCCCO[C@@H]1OC(CO)[C@H](O)C(O)[C@@H]1C. The first-order valence-electron chi connectivity index (χ1n) is 13.2. The van der Waals surface area contributed by atoms with Crippen LogP contribution in [-0.2, 0) is 42.2 Å². The first-order chi connectivity index (χ1) is 18.5. The van der Waals surface area contributed by atoms with Crippen LogP contribution in [-0.4, -0.2) is 103 Å². The number of hydrogen-bond donors (Lipinski definition) is 5. The van der Waals surface area contributed by atoms with Crippen LogP contribution in [0.4, 0.5) is 0 Å². The van der Waals surface area contributed by atoms with Crippen LogP contribution in [0.2, 0.25) is 0 Å². The maximum Gasteiger partial charge on any atom is 0.473 e. The summed E-state index contributed by atoms with van der Waals surface area (Å²) in [4.78, 5) is 44.3. The van der Waals surface area contributed by atoms with Gasteiger partial charge in [-0.25, -0.2) is 4.57 Å². The van der Waals surface area contributed by atoms with Crippen LogP contribution >= 0.6 is 7.82 Å². The summed E-state index contributed by atoms with van der Waals surface area (Å²) >= 11 is 0. The Kier molecular flexibility index (Phi) is 18.0. The van der Waals surface area contributed by atoms with Crippen LogP contribution in [0.15, 0.2) is 0 Å². The van der Waals surface area contributed by atoms with Crippen molar-refractivity contribution in [2.45, 2.75) is 89.3 Å². The molecule has 0 spiro atoms. The van der Waals surface area contributed by atoms with Gasteiger partial charge in [-0.1, -0.05) is 26.2 Å². The number of unbranched alkanes of at least 4 members (excludes halogenated alkanes) is 4. The maximum absolute atomic E-state index is 12.0. The molecule has 1 heterocycles. The predicted octanol–water partition coefficient (Wildman–Crippen LogP) is 0.581. The van der Waals surface area contributed by atoms with Gasteiger partial charge in [-0.3, -0.25) is 23.4 Å². The zero-order chi connectivity index (χ0) is 29.3. The zero-order valence-electron chi connectivity index (χ0n) is 22.7. The number of Topliss-reactive ketones (excluding diaryl/α,β-unsaturated/α-hetero) is 2. The molecule has 0 saturated carbocycles. The van der Waals surface area contributed by atoms with E-state index in [0.29, 0.717) is 13.0 Å². The highest BCUT2D eigenvalue weighted by Crippen LogP contribution is 2.41. The van der Waals surface area contributed by atoms with Crippen molar-refractivity contribution in [3.63, 3.8) is 0 Å². The Labute approximate surface area is 228 Å². The highest BCUT2D eigenvalue weighted by Gasteiger charge is 2.42. The van der Waals surface area contributed by atoms with E-state index in [-0.39, 0.29) is 37.6 Å². The molecule has 5 N–H and O–H groups in total. The largest absolute Gasteiger partial charge is 0.473 e. The molecular weight excluding hydrogens is 541 g/mol. The van der Waals surface area contributed by atoms with E-state index in [1.54, 1.807) is 6.92 Å². The van der Waals surface area contributed by atoms with Crippen LogP contribution in [0.5, 0.6) is 0 Å². The number of nitrogens with one attached hydrogen (secondary N) is 1. The molecule has 1 aliphatic rings. The number of hydrogen-bond acceptors (Lipinski definition) is 12. The Morgan fingerprint density at radius 3 is 2.23 bits per heavy atom. The number of amides is 1. The van der Waals surface area contributed by atoms with E-state index in [0.717, 1.165) is 39.2 Å². The molecule has 0 aromatic carbocycles. The van der Waals surface area contributed by atoms with Crippen molar-refractivity contribution >= 4 is 25.3 Å². The summed E-state index contributed by atoms with van der Waals surface area (Å²) in [5, 5.41) is 31.3. The monoisotopic (exact) mass is 585 g/mol. The summed E-state index contributed by atoms with van der Waals surface area (Å²) in [5.41, 5.74) is 0. The average molecular weight is 586 g/mol. The van der Waals surface area contributed by atoms with Crippen LogP contribution in [0, 0.1) is 5.92 Å². The summed E-state index contributed by atoms with van der Waals surface area (Å²) in [5.74, 6) is -1.38. The molecule has 6 atom stereocenters. The van der Waals surface area contributed by atoms with Crippen LogP contribution in [0.25, 0.3) is 0 Å². The number of ether oxygens (including phenoxy) is 3. The molecule has 1 aliphatic heterocycles. The number of aliphatic hydroxyl groups is 3. The highest BCUT2D eigenvalue weighted by molar-refractivity contribution is 7.47. The quantitative estimate of drug-likeness (QED) is 0.0511. The van der Waals surface area contributed by atoms with Crippen molar-refractivity contribution in [2.24, 2.45) is 5.92 Å². The third-order valence-electron chi connectivity index (χ3n) is 6.21. The number of phosphoric ester groups is 1. The third kappa shape index (κ3) is 15.3. The van der Waals surface area contributed by atoms with E-state index in [2.05, 4.69) is 14.4 Å². The Balaban J connectivity index is 1.98. The van der Waals surface area contributed by atoms with Gasteiger partial charge in [0, 0.05) is 38.9 Å². The lowest BCUT2D eigenvalue weighted by molar-refractivity contribution is -0.282. The summed E-state index contributed by atoms with van der Waals surface area (Å²) < 4.78 is 36.2. The molecule has 0 aromatic rings. The second kappa shape index (κ2) is 19.7. The fourth-order valence-corrected chi connectivity index (χ4v) is 4.07. The van der Waals surface area contributed by atoms with Crippen LogP contribution < -0.4 is 5.32 Å². The Morgan fingerprint density at radius 1 is 0.923 bits per heavy atom. The molecule has 1 fully saturated rings. The van der Waals surface area contributed by atoms with Crippen molar-refractivity contribution in [1.29, 1.82) is 0 Å². The van der Waals surface area contributed by atoms with E-state index >= 15 is 0 Å². The lowest BCUT2D eigenvalue weighted by atomic mass is 9.92. The smallest absolute Gasteiger partial charge is 0.394 e. The van der Waals surface area contributed by atoms with Crippen LogP contribution in [0.3, 0.4) is 0 Å². The Hall–Kier alpha value is -1.32. The number of phosphoric acid groups is 1. The molecule has 0 aromatic heterocycles. The fraction of sp³-hybridized carbons (Fsp3) is 0.875. The van der Waals surface area contributed by atoms with Crippen molar-refractivity contribution in [3.05, 3.63) is 0 Å². The summed E-state index contributed by atoms with van der Waals surface area (Å²) in [6.45, 7) is 1.45. The van der Waals surface area contributed by atoms with Gasteiger partial charge in [-0.05, 0) is 12.8 Å². The van der Waals surface area contributed by atoms with Crippen molar-refractivity contribution < 1.29 is 62.4 Å². The van der Waals surface area contributed by atoms with Gasteiger partial charge in [0.05, 0.1) is 32.3 Å². The molecule has 228 valence electrons. The van der Waals surface area contributed by atoms with E-state index in [1.165, 1.54) is 0 Å². The number of aliphatic hydroxyl groups excluding tert-OH is 3. The summed E-state index contributed by atoms with van der Waals surface area (Å²) in [6.07, 6.45) is 0.817. The third-order valence-corrected chi connectivity index (χ3v) is 7.12. The first kappa shape index (κ1) is 35.7. The predicted molar refractivity (Wildman–Crippen MR) is 136 cm³/mol. The lowest BCUT2D eigenvalue weighted by Gasteiger charge is -2.40. The molecule has 3 unspecified atom stereocenters. The lowest BCUT2D eigenvalue weighted by Crippen LogP contribution is -2.55. The first-order valence-corrected chi connectivity index (χ1v) is 14.6. The molecule has 0 aliphatic carbocycles. The minimum atomic E-state index is -4.20. The van der Waals surface area contributed by atoms with E-state index in [9.17, 15) is 34.3 Å². The fourth-order valence-electron chi connectivity index (χ4n) is 3.74. The van der Waals surface area contributed by atoms with Crippen LogP contribution in [0.1, 0.15) is 64.7 Å². The highest BCUT2D eigenvalue weighted by atomic mass is 31.2. The molecule has 0 bridgehead atoms. The van der Waals surface area contributed by atoms with E-state index in [4.69, 9.17) is 19.1 Å². The van der Waals surface area contributed by atoms with Gasteiger partial charge >= 0.3 is 7.82 Å². The zero-order valence-corrected chi connectivity index (χ0v) is 23.6. The topological polar surface area (TPSA) is 207 Å². The van der Waals surface area contributed by atoms with E-state index < -0.39 is 64.0 Å². The van der Waals surface area contributed by atoms with Crippen molar-refractivity contribution in [2.75, 3.05) is 40.3 Å². The van der Waals surface area contributed by atoms with Gasteiger partial charge in [0.1, 0.15) is 30.5 Å². The number of carbonyl (C=O) groups excluding carboxylic acids is 3. The van der Waals surface area contributed by atoms with E-state index in [1.807, 2.05) is 0 Å². The Morgan fingerprint density at radius 2 is 1.56 bits per heavy atom. The summed E-state index contributed by atoms with van der Waals surface area (Å²) in [7, 11) is -3.22. The molecule has 0 radical (unpaired) electrons. The normalized spacial score (nSPS) is 24.7. The summed E-state index contributed by atoms with van der Waals surface area (Å²) in [6, 6.07) is 0. The molecule has 1 rings (SSSR count). The van der Waals surface area contributed by atoms with Crippen molar-refractivity contribution in [1.82, 2.24) is 5.32 Å². The Bertz CT molecular complexity index is 781. The number of ketones is 2. The second-order valence-electron chi connectivity index (χ2n) is 9.35. The van der Waals surface area contributed by atoms with Gasteiger partial charge in [0.2, 0.25) is 5.91 Å². The maximum atomic E-state index is 12.0. The minimum absolute atomic E-state index is 0.000912. The van der Waals surface area contributed by atoms with Gasteiger partial charge < -0.3 is 39.7 Å². The molecule has 39 heavy (non-hydrogen) atoms. The van der Waals surface area contributed by atoms with Gasteiger partial charge in [-0.15, -0.1) is 0 Å². The van der Waals surface area contributed by atoms with Gasteiger partial charge in [-0.2, -0.15) is 0 Å². The van der Waals surface area contributed by atoms with Crippen molar-refractivity contribution in [3.8, 4) is 0 Å². The average Bonchev–Trinajstić information content (AvgIpc) is 2.89. The standard InChI is InChI=1S/C24H44NO13P/c1-17-22(30)23(31)20(15-26)38-24(17)36-11-7-5-3-4-6-8-18(27)9-12-35-13-10-19(28)14-21(29)25-16-37-39(32,33)34-2/h17,20,22-24,26,30-31H,3-16H2,1-2H3,(H,25,29)(H,32,33)/t17-,20?,22?,23-,24+/m0/s1. The second-order valence-corrected chi connectivity index (χ2v) is 10.9. The van der Waals surface area contributed by atoms with Gasteiger partial charge in [0.15, 0.2) is 6.29 Å². The molecule has 15 heteroatoms.